The summed E-state index contributed by atoms with van der Waals surface area (Å²) in [5.74, 6) is 0. The van der Waals surface area contributed by atoms with Gasteiger partial charge in [-0.3, -0.25) is 0 Å². The molecule has 0 amide bonds. The van der Waals surface area contributed by atoms with Gasteiger partial charge in [0, 0.05) is 18.6 Å². The van der Waals surface area contributed by atoms with E-state index in [9.17, 15) is 0 Å². The van der Waals surface area contributed by atoms with E-state index < -0.39 is 0 Å². The predicted octanol–water partition coefficient (Wildman–Crippen LogP) is 2.40. The van der Waals surface area contributed by atoms with Crippen LogP contribution in [0.1, 0.15) is 32.1 Å². The van der Waals surface area contributed by atoms with Crippen LogP contribution in [-0.2, 0) is 18.6 Å². The fraction of sp³-hybridized carbons (Fsp3) is 0.833. The zero-order valence-corrected chi connectivity index (χ0v) is 6.38. The SMILES string of the molecule is C1CCCC1.[CH3-].[V]. The molecule has 0 nitrogen and oxygen atoms in total. The number of hydrogen-bond donors (Lipinski definition) is 0. The second-order valence-electron chi connectivity index (χ2n) is 1.77. The van der Waals surface area contributed by atoms with Gasteiger partial charge in [0.15, 0.2) is 0 Å². The summed E-state index contributed by atoms with van der Waals surface area (Å²) in [5.41, 5.74) is 0. The number of hydrogen-bond acceptors (Lipinski definition) is 0. The Kier molecular flexibility index (Phi) is 9.92. The van der Waals surface area contributed by atoms with E-state index in [0.717, 1.165) is 0 Å². The van der Waals surface area contributed by atoms with Crippen LogP contribution in [0.15, 0.2) is 0 Å². The Morgan fingerprint density at radius 1 is 0.571 bits per heavy atom. The molecule has 1 aliphatic rings. The summed E-state index contributed by atoms with van der Waals surface area (Å²) in [6, 6.07) is 0. The van der Waals surface area contributed by atoms with E-state index in [0.29, 0.717) is 0 Å². The second-order valence-corrected chi connectivity index (χ2v) is 1.77. The normalized spacial score (nSPS) is 17.1. The van der Waals surface area contributed by atoms with Gasteiger partial charge in [0.2, 0.25) is 0 Å². The minimum atomic E-state index is 0. The summed E-state index contributed by atoms with van der Waals surface area (Å²) in [6.07, 6.45) is 7.50. The molecule has 0 N–H and O–H groups in total. The molecule has 0 bridgehead atoms. The van der Waals surface area contributed by atoms with Gasteiger partial charge >= 0.3 is 0 Å². The summed E-state index contributed by atoms with van der Waals surface area (Å²) >= 11 is 0. The van der Waals surface area contributed by atoms with Gasteiger partial charge in [-0.15, -0.1) is 0 Å². The molecule has 0 heterocycles. The third-order valence-electron chi connectivity index (χ3n) is 1.25. The smallest absolute Gasteiger partial charge is 0 e. The minimum absolute atomic E-state index is 0. The largest absolute Gasteiger partial charge is 0.358 e. The molecule has 1 heteroatoms. The van der Waals surface area contributed by atoms with Crippen molar-refractivity contribution in [3.05, 3.63) is 7.43 Å². The van der Waals surface area contributed by atoms with Crippen molar-refractivity contribution in [3.63, 3.8) is 0 Å². The molecule has 0 aromatic rings. The Morgan fingerprint density at radius 3 is 0.857 bits per heavy atom. The van der Waals surface area contributed by atoms with E-state index in [-0.39, 0.29) is 26.0 Å². The van der Waals surface area contributed by atoms with Crippen LogP contribution in [0.4, 0.5) is 0 Å². The second kappa shape index (κ2) is 6.58. The van der Waals surface area contributed by atoms with Crippen LogP contribution < -0.4 is 0 Å². The molecule has 1 aliphatic carbocycles. The Morgan fingerprint density at radius 2 is 0.714 bits per heavy atom. The van der Waals surface area contributed by atoms with Gasteiger partial charge in [-0.2, -0.15) is 0 Å². The first kappa shape index (κ1) is 10.5. The number of rotatable bonds is 0. The molecule has 0 saturated heterocycles. The minimum Gasteiger partial charge on any atom is -0.358 e. The van der Waals surface area contributed by atoms with Crippen molar-refractivity contribution in [3.8, 4) is 0 Å². The average molecular weight is 136 g/mol. The molecule has 7 heavy (non-hydrogen) atoms. The summed E-state index contributed by atoms with van der Waals surface area (Å²) < 4.78 is 0. The molecule has 1 fully saturated rings. The van der Waals surface area contributed by atoms with Crippen LogP contribution in [0, 0.1) is 7.43 Å². The molecule has 1 rings (SSSR count). The van der Waals surface area contributed by atoms with E-state index in [1.54, 1.807) is 0 Å². The van der Waals surface area contributed by atoms with Crippen LogP contribution in [0.25, 0.3) is 0 Å². The van der Waals surface area contributed by atoms with Gasteiger partial charge in [0.25, 0.3) is 0 Å². The van der Waals surface area contributed by atoms with Crippen molar-refractivity contribution >= 4 is 0 Å². The standard InChI is InChI=1S/C5H10.CH3.V/c1-2-4-5-3-1;;/h1-5H2;1H3;/q;-1;. The first-order chi connectivity index (χ1) is 2.50. The van der Waals surface area contributed by atoms with Gasteiger partial charge in [0.05, 0.1) is 0 Å². The van der Waals surface area contributed by atoms with Crippen molar-refractivity contribution in [2.75, 3.05) is 0 Å². The first-order valence-electron chi connectivity index (χ1n) is 2.50. The van der Waals surface area contributed by atoms with E-state index in [1.807, 2.05) is 0 Å². The molecule has 0 aliphatic heterocycles. The van der Waals surface area contributed by atoms with Crippen LogP contribution in [0.5, 0.6) is 0 Å². The predicted molar refractivity (Wildman–Crippen MR) is 29.5 cm³/mol. The summed E-state index contributed by atoms with van der Waals surface area (Å²) in [6.45, 7) is 0. The molecular formula is C6H13V-. The van der Waals surface area contributed by atoms with Crippen molar-refractivity contribution in [2.45, 2.75) is 32.1 Å². The maximum atomic E-state index is 1.50. The maximum absolute atomic E-state index is 1.50. The van der Waals surface area contributed by atoms with Crippen molar-refractivity contribution < 1.29 is 18.6 Å². The third kappa shape index (κ3) is 4.44. The van der Waals surface area contributed by atoms with Gasteiger partial charge in [-0.25, -0.2) is 0 Å². The molecule has 0 atom stereocenters. The van der Waals surface area contributed by atoms with E-state index in [2.05, 4.69) is 0 Å². The first-order valence-corrected chi connectivity index (χ1v) is 2.50. The van der Waals surface area contributed by atoms with Crippen molar-refractivity contribution in [2.24, 2.45) is 0 Å². The fourth-order valence-corrected chi connectivity index (χ4v) is 0.884. The maximum Gasteiger partial charge on any atom is 0 e. The van der Waals surface area contributed by atoms with E-state index >= 15 is 0 Å². The summed E-state index contributed by atoms with van der Waals surface area (Å²) in [7, 11) is 0. The quantitative estimate of drug-likeness (QED) is 0.448. The Balaban J connectivity index is 0. The average Bonchev–Trinajstić information content (AvgIpc) is 1.76. The Bertz CT molecular complexity index is 15.8. The third-order valence-corrected chi connectivity index (χ3v) is 1.25. The van der Waals surface area contributed by atoms with Gasteiger partial charge in [0.1, 0.15) is 0 Å². The topological polar surface area (TPSA) is 0 Å². The molecule has 43 valence electrons. The molecule has 1 saturated carbocycles. The molecular weight excluding hydrogens is 123 g/mol. The summed E-state index contributed by atoms with van der Waals surface area (Å²) in [5, 5.41) is 0. The summed E-state index contributed by atoms with van der Waals surface area (Å²) in [4.78, 5) is 0. The van der Waals surface area contributed by atoms with E-state index in [1.165, 1.54) is 32.1 Å². The fourth-order valence-electron chi connectivity index (χ4n) is 0.884. The van der Waals surface area contributed by atoms with Gasteiger partial charge in [-0.05, 0) is 0 Å². The molecule has 0 unspecified atom stereocenters. The van der Waals surface area contributed by atoms with Crippen molar-refractivity contribution in [1.29, 1.82) is 0 Å². The zero-order valence-electron chi connectivity index (χ0n) is 4.98. The van der Waals surface area contributed by atoms with Crippen LogP contribution >= 0.6 is 0 Å². The molecule has 0 spiro atoms. The molecule has 0 aromatic carbocycles. The molecule has 0 aromatic heterocycles. The Labute approximate surface area is 58.6 Å². The van der Waals surface area contributed by atoms with E-state index in [4.69, 9.17) is 0 Å². The Hall–Kier alpha value is 0.584. The van der Waals surface area contributed by atoms with Crippen LogP contribution in [0.3, 0.4) is 0 Å². The van der Waals surface area contributed by atoms with Crippen LogP contribution in [-0.4, -0.2) is 0 Å². The monoisotopic (exact) mass is 136 g/mol. The zero-order chi connectivity index (χ0) is 3.54. The van der Waals surface area contributed by atoms with Crippen LogP contribution in [0.2, 0.25) is 0 Å². The van der Waals surface area contributed by atoms with Gasteiger partial charge in [-0.1, -0.05) is 32.1 Å². The van der Waals surface area contributed by atoms with Gasteiger partial charge < -0.3 is 7.43 Å². The van der Waals surface area contributed by atoms with Crippen molar-refractivity contribution in [1.82, 2.24) is 0 Å². The molecule has 1 radical (unpaired) electrons.